The van der Waals surface area contributed by atoms with Crippen molar-refractivity contribution in [2.75, 3.05) is 5.73 Å². The number of anilines is 1. The zero-order chi connectivity index (χ0) is 10.1. The first-order chi connectivity index (χ1) is 6.66. The molecule has 2 rings (SSSR count). The van der Waals surface area contributed by atoms with E-state index in [1.54, 1.807) is 17.1 Å². The normalized spacial score (nSPS) is 10.4. The van der Waals surface area contributed by atoms with Crippen molar-refractivity contribution in [3.05, 3.63) is 29.7 Å². The lowest BCUT2D eigenvalue weighted by Crippen LogP contribution is -2.00. The van der Waals surface area contributed by atoms with E-state index in [0.717, 1.165) is 11.3 Å². The number of hydrogen-bond acceptors (Lipinski definition) is 4. The van der Waals surface area contributed by atoms with Gasteiger partial charge in [0.05, 0.1) is 23.8 Å². The molecule has 5 nitrogen and oxygen atoms in total. The monoisotopic (exact) mass is 189 g/mol. The Hall–Kier alpha value is -1.91. The van der Waals surface area contributed by atoms with Crippen LogP contribution in [0.4, 0.5) is 5.69 Å². The average molecular weight is 189 g/mol. The van der Waals surface area contributed by atoms with Gasteiger partial charge in [0.25, 0.3) is 0 Å². The zero-order valence-corrected chi connectivity index (χ0v) is 8.10. The van der Waals surface area contributed by atoms with Gasteiger partial charge < -0.3 is 5.73 Å². The van der Waals surface area contributed by atoms with Gasteiger partial charge in [0, 0.05) is 0 Å². The van der Waals surface area contributed by atoms with Gasteiger partial charge in [-0.3, -0.25) is 0 Å². The molecule has 2 aromatic rings. The number of nitrogen functional groups attached to an aromatic ring is 1. The minimum Gasteiger partial charge on any atom is -0.396 e. The molecule has 0 saturated carbocycles. The Bertz CT molecular complexity index is 440. The lowest BCUT2D eigenvalue weighted by atomic mass is 10.3. The van der Waals surface area contributed by atoms with E-state index in [1.807, 2.05) is 19.9 Å². The quantitative estimate of drug-likeness (QED) is 0.722. The van der Waals surface area contributed by atoms with E-state index in [2.05, 4.69) is 15.3 Å². The zero-order valence-electron chi connectivity index (χ0n) is 8.10. The highest BCUT2D eigenvalue weighted by Crippen LogP contribution is 2.11. The van der Waals surface area contributed by atoms with Crippen molar-refractivity contribution in [3.63, 3.8) is 0 Å². The molecule has 0 aliphatic rings. The summed E-state index contributed by atoms with van der Waals surface area (Å²) in [5.41, 5.74) is 8.19. The summed E-state index contributed by atoms with van der Waals surface area (Å²) in [6.45, 7) is 3.81. The third-order valence-corrected chi connectivity index (χ3v) is 1.95. The number of nitrogens with zero attached hydrogens (tertiary/aromatic N) is 4. The molecule has 2 N–H and O–H groups in total. The smallest absolute Gasteiger partial charge is 0.175 e. The largest absolute Gasteiger partial charge is 0.396 e. The SMILES string of the molecule is Cc1cnnc(-n2cc(N)c(C)n2)c1. The Morgan fingerprint density at radius 1 is 1.36 bits per heavy atom. The van der Waals surface area contributed by atoms with Gasteiger partial charge in [-0.2, -0.15) is 10.2 Å². The van der Waals surface area contributed by atoms with E-state index in [4.69, 9.17) is 5.73 Å². The van der Waals surface area contributed by atoms with Crippen molar-refractivity contribution in [3.8, 4) is 5.82 Å². The maximum Gasteiger partial charge on any atom is 0.175 e. The predicted octanol–water partition coefficient (Wildman–Crippen LogP) is 0.861. The van der Waals surface area contributed by atoms with E-state index in [-0.39, 0.29) is 0 Å². The molecule has 5 heteroatoms. The third-order valence-electron chi connectivity index (χ3n) is 1.95. The van der Waals surface area contributed by atoms with Gasteiger partial charge in [-0.05, 0) is 25.5 Å². The molecule has 0 aliphatic carbocycles. The van der Waals surface area contributed by atoms with Gasteiger partial charge in [-0.15, -0.1) is 5.10 Å². The summed E-state index contributed by atoms with van der Waals surface area (Å²) in [5, 5.41) is 12.0. The molecule has 2 aromatic heterocycles. The average Bonchev–Trinajstić information content (AvgIpc) is 2.47. The fourth-order valence-electron chi connectivity index (χ4n) is 1.15. The summed E-state index contributed by atoms with van der Waals surface area (Å²) in [5.74, 6) is 0.685. The number of nitrogens with two attached hydrogens (primary N) is 1. The summed E-state index contributed by atoms with van der Waals surface area (Å²) in [4.78, 5) is 0. The summed E-state index contributed by atoms with van der Waals surface area (Å²) < 4.78 is 1.63. The maximum absolute atomic E-state index is 5.68. The number of aromatic nitrogens is 4. The number of hydrogen-bond donors (Lipinski definition) is 1. The highest BCUT2D eigenvalue weighted by Gasteiger charge is 2.04. The Morgan fingerprint density at radius 3 is 2.71 bits per heavy atom. The highest BCUT2D eigenvalue weighted by atomic mass is 15.3. The summed E-state index contributed by atoms with van der Waals surface area (Å²) in [6.07, 6.45) is 3.43. The van der Waals surface area contributed by atoms with Crippen molar-refractivity contribution < 1.29 is 0 Å². The summed E-state index contributed by atoms with van der Waals surface area (Å²) >= 11 is 0. The second-order valence-electron chi connectivity index (χ2n) is 3.21. The van der Waals surface area contributed by atoms with Crippen LogP contribution in [0.5, 0.6) is 0 Å². The van der Waals surface area contributed by atoms with Crippen LogP contribution in [0.15, 0.2) is 18.5 Å². The highest BCUT2D eigenvalue weighted by molar-refractivity contribution is 5.42. The molecule has 0 aromatic carbocycles. The summed E-state index contributed by atoms with van der Waals surface area (Å²) in [6, 6.07) is 1.90. The Balaban J connectivity index is 2.49. The van der Waals surface area contributed by atoms with Crippen LogP contribution >= 0.6 is 0 Å². The Labute approximate surface area is 81.6 Å². The molecule has 0 fully saturated rings. The van der Waals surface area contributed by atoms with E-state index in [9.17, 15) is 0 Å². The standard InChI is InChI=1S/C9H11N5/c1-6-3-9(12-11-4-6)14-5-8(10)7(2)13-14/h3-5H,10H2,1-2H3. The van der Waals surface area contributed by atoms with E-state index in [0.29, 0.717) is 11.5 Å². The lowest BCUT2D eigenvalue weighted by molar-refractivity contribution is 0.800. The van der Waals surface area contributed by atoms with Crippen molar-refractivity contribution in [1.82, 2.24) is 20.0 Å². The molecule has 72 valence electrons. The molecular weight excluding hydrogens is 178 g/mol. The molecule has 0 atom stereocenters. The fourth-order valence-corrected chi connectivity index (χ4v) is 1.15. The van der Waals surface area contributed by atoms with Crippen LogP contribution in [-0.4, -0.2) is 20.0 Å². The number of rotatable bonds is 1. The topological polar surface area (TPSA) is 69.6 Å². The van der Waals surface area contributed by atoms with Crippen molar-refractivity contribution in [1.29, 1.82) is 0 Å². The second kappa shape index (κ2) is 3.10. The molecule has 0 amide bonds. The molecule has 14 heavy (non-hydrogen) atoms. The minimum absolute atomic E-state index is 0.660. The summed E-state index contributed by atoms with van der Waals surface area (Å²) in [7, 11) is 0. The molecule has 0 saturated heterocycles. The Kier molecular flexibility index (Phi) is 1.92. The lowest BCUT2D eigenvalue weighted by Gasteiger charge is -1.98. The van der Waals surface area contributed by atoms with E-state index in [1.165, 1.54) is 0 Å². The first-order valence-corrected chi connectivity index (χ1v) is 4.28. The second-order valence-corrected chi connectivity index (χ2v) is 3.21. The van der Waals surface area contributed by atoms with Gasteiger partial charge in [-0.1, -0.05) is 0 Å². The van der Waals surface area contributed by atoms with Crippen molar-refractivity contribution in [2.45, 2.75) is 13.8 Å². The third kappa shape index (κ3) is 1.44. The van der Waals surface area contributed by atoms with Crippen molar-refractivity contribution >= 4 is 5.69 Å². The van der Waals surface area contributed by atoms with Crippen molar-refractivity contribution in [2.24, 2.45) is 0 Å². The van der Waals surface area contributed by atoms with Crippen LogP contribution in [0.2, 0.25) is 0 Å². The van der Waals surface area contributed by atoms with Crippen LogP contribution < -0.4 is 5.73 Å². The minimum atomic E-state index is 0.660. The van der Waals surface area contributed by atoms with E-state index < -0.39 is 0 Å². The molecule has 2 heterocycles. The van der Waals surface area contributed by atoms with Crippen LogP contribution in [-0.2, 0) is 0 Å². The van der Waals surface area contributed by atoms with Gasteiger partial charge in [-0.25, -0.2) is 4.68 Å². The number of aryl methyl sites for hydroxylation is 2. The van der Waals surface area contributed by atoms with Crippen LogP contribution in [0, 0.1) is 13.8 Å². The van der Waals surface area contributed by atoms with Crippen LogP contribution in [0.1, 0.15) is 11.3 Å². The molecule has 0 unspecified atom stereocenters. The molecule has 0 aliphatic heterocycles. The first kappa shape index (κ1) is 8.68. The van der Waals surface area contributed by atoms with E-state index >= 15 is 0 Å². The molecule has 0 spiro atoms. The molecule has 0 radical (unpaired) electrons. The van der Waals surface area contributed by atoms with Gasteiger partial charge >= 0.3 is 0 Å². The Morgan fingerprint density at radius 2 is 2.14 bits per heavy atom. The van der Waals surface area contributed by atoms with Gasteiger partial charge in [0.2, 0.25) is 0 Å². The van der Waals surface area contributed by atoms with Gasteiger partial charge in [0.1, 0.15) is 0 Å². The first-order valence-electron chi connectivity index (χ1n) is 4.28. The molecule has 0 bridgehead atoms. The predicted molar refractivity (Wildman–Crippen MR) is 53.0 cm³/mol. The van der Waals surface area contributed by atoms with Crippen LogP contribution in [0.25, 0.3) is 5.82 Å². The molecular formula is C9H11N5. The maximum atomic E-state index is 5.68. The van der Waals surface area contributed by atoms with Gasteiger partial charge in [0.15, 0.2) is 5.82 Å². The fraction of sp³-hybridized carbons (Fsp3) is 0.222. The van der Waals surface area contributed by atoms with Crippen LogP contribution in [0.3, 0.4) is 0 Å².